The summed E-state index contributed by atoms with van der Waals surface area (Å²) in [5.74, 6) is -0.522. The Morgan fingerprint density at radius 2 is 1.57 bits per heavy atom. The molecule has 2 aliphatic carbocycles. The molecule has 7 heteroatoms. The van der Waals surface area contributed by atoms with Crippen LogP contribution in [0.1, 0.15) is 36.3 Å². The van der Waals surface area contributed by atoms with Crippen molar-refractivity contribution in [3.8, 4) is 0 Å². The Hall–Kier alpha value is -3.19. The van der Waals surface area contributed by atoms with Crippen molar-refractivity contribution in [1.82, 2.24) is 15.5 Å². The van der Waals surface area contributed by atoms with Crippen LogP contribution >= 0.6 is 0 Å². The smallest absolute Gasteiger partial charge is 0.236 e. The molecule has 2 bridgehead atoms. The molecule has 184 valence electrons. The van der Waals surface area contributed by atoms with Gasteiger partial charge in [-0.2, -0.15) is 0 Å². The number of hydrogen-bond donors (Lipinski definition) is 3. The standard InChI is InChI=1S/C28H34N4O3/c29-24(33)14-30-28(35)25-20-11-12-21(13-20)26(25)31-27(34)23-17-32(15-18-7-3-1-4-8-18)16-22(23)19-9-5-2-6-10-19/h1-10,20-23,25-26H,11-17H2,(H2,29,33)(H,30,35)(H,31,34)/t20-,21-,22-,23+,25+,26-/m0/s1. The summed E-state index contributed by atoms with van der Waals surface area (Å²) in [6, 6.07) is 20.4. The van der Waals surface area contributed by atoms with E-state index in [9.17, 15) is 14.4 Å². The van der Waals surface area contributed by atoms with Gasteiger partial charge in [0.2, 0.25) is 17.7 Å². The van der Waals surface area contributed by atoms with Gasteiger partial charge in [-0.1, -0.05) is 60.7 Å². The fraction of sp³-hybridized carbons (Fsp3) is 0.464. The predicted molar refractivity (Wildman–Crippen MR) is 133 cm³/mol. The van der Waals surface area contributed by atoms with Crippen molar-refractivity contribution in [3.63, 3.8) is 0 Å². The maximum Gasteiger partial charge on any atom is 0.236 e. The monoisotopic (exact) mass is 474 g/mol. The van der Waals surface area contributed by atoms with Crippen LogP contribution in [0.25, 0.3) is 0 Å². The van der Waals surface area contributed by atoms with Gasteiger partial charge in [-0.15, -0.1) is 0 Å². The number of primary amides is 1. The topological polar surface area (TPSA) is 105 Å². The highest BCUT2D eigenvalue weighted by atomic mass is 16.2. The second-order valence-electron chi connectivity index (χ2n) is 10.4. The van der Waals surface area contributed by atoms with Crippen molar-refractivity contribution in [2.24, 2.45) is 29.4 Å². The number of amides is 3. The number of carbonyl (C=O) groups is 3. The average molecular weight is 475 g/mol. The van der Waals surface area contributed by atoms with Crippen molar-refractivity contribution in [3.05, 3.63) is 71.8 Å². The summed E-state index contributed by atoms with van der Waals surface area (Å²) in [6.45, 7) is 2.14. The first-order chi connectivity index (χ1) is 17.0. The lowest BCUT2D eigenvalue weighted by molar-refractivity contribution is -0.131. The Bertz CT molecular complexity index is 1060. The highest BCUT2D eigenvalue weighted by Crippen LogP contribution is 2.49. The number of rotatable bonds is 8. The van der Waals surface area contributed by atoms with E-state index in [0.29, 0.717) is 12.5 Å². The van der Waals surface area contributed by atoms with Crippen LogP contribution in [0, 0.1) is 23.7 Å². The molecule has 3 amide bonds. The maximum atomic E-state index is 13.7. The Morgan fingerprint density at radius 3 is 2.29 bits per heavy atom. The minimum atomic E-state index is -0.558. The first kappa shape index (κ1) is 23.5. The summed E-state index contributed by atoms with van der Waals surface area (Å²) >= 11 is 0. The molecule has 0 unspecified atom stereocenters. The van der Waals surface area contributed by atoms with E-state index in [1.54, 1.807) is 0 Å². The quantitative estimate of drug-likeness (QED) is 0.545. The fourth-order valence-corrected chi connectivity index (χ4v) is 6.60. The van der Waals surface area contributed by atoms with Crippen LogP contribution < -0.4 is 16.4 Å². The first-order valence-corrected chi connectivity index (χ1v) is 12.7. The van der Waals surface area contributed by atoms with Crippen molar-refractivity contribution in [2.75, 3.05) is 19.6 Å². The fourth-order valence-electron chi connectivity index (χ4n) is 6.60. The molecular weight excluding hydrogens is 440 g/mol. The molecule has 7 nitrogen and oxygen atoms in total. The highest BCUT2D eigenvalue weighted by molar-refractivity contribution is 5.87. The lowest BCUT2D eigenvalue weighted by atomic mass is 9.82. The summed E-state index contributed by atoms with van der Waals surface area (Å²) in [5.41, 5.74) is 7.63. The number of fused-ring (bicyclic) bond motifs is 2. The molecule has 0 radical (unpaired) electrons. The first-order valence-electron chi connectivity index (χ1n) is 12.7. The second kappa shape index (κ2) is 10.2. The van der Waals surface area contributed by atoms with Gasteiger partial charge >= 0.3 is 0 Å². The van der Waals surface area contributed by atoms with Crippen LogP contribution in [0.15, 0.2) is 60.7 Å². The molecule has 0 aromatic heterocycles. The van der Waals surface area contributed by atoms with E-state index in [2.05, 4.69) is 39.8 Å². The Labute approximate surface area is 206 Å². The average Bonchev–Trinajstić information content (AvgIpc) is 3.59. The minimum absolute atomic E-state index is 0.0275. The number of benzene rings is 2. The van der Waals surface area contributed by atoms with Gasteiger partial charge < -0.3 is 16.4 Å². The third-order valence-corrected chi connectivity index (χ3v) is 8.17. The van der Waals surface area contributed by atoms with Crippen molar-refractivity contribution >= 4 is 17.7 Å². The van der Waals surface area contributed by atoms with Gasteiger partial charge in [-0.05, 0) is 42.2 Å². The number of nitrogens with two attached hydrogens (primary N) is 1. The van der Waals surface area contributed by atoms with Gasteiger partial charge in [0.25, 0.3) is 0 Å². The largest absolute Gasteiger partial charge is 0.368 e. The molecular formula is C28H34N4O3. The summed E-state index contributed by atoms with van der Waals surface area (Å²) in [5, 5.41) is 5.99. The van der Waals surface area contributed by atoms with Gasteiger partial charge in [-0.3, -0.25) is 19.3 Å². The summed E-state index contributed by atoms with van der Waals surface area (Å²) in [6.07, 6.45) is 2.97. The minimum Gasteiger partial charge on any atom is -0.368 e. The normalized spacial score (nSPS) is 29.7. The van der Waals surface area contributed by atoms with Crippen LogP contribution in [0.3, 0.4) is 0 Å². The summed E-state index contributed by atoms with van der Waals surface area (Å²) < 4.78 is 0. The zero-order chi connectivity index (χ0) is 24.4. The van der Waals surface area contributed by atoms with E-state index in [1.807, 2.05) is 36.4 Å². The summed E-state index contributed by atoms with van der Waals surface area (Å²) in [7, 11) is 0. The third-order valence-electron chi connectivity index (χ3n) is 8.17. The second-order valence-corrected chi connectivity index (χ2v) is 10.4. The van der Waals surface area contributed by atoms with Crippen LogP contribution in [0.5, 0.6) is 0 Å². The Balaban J connectivity index is 1.32. The zero-order valence-electron chi connectivity index (χ0n) is 19.9. The molecule has 5 rings (SSSR count). The highest BCUT2D eigenvalue weighted by Gasteiger charge is 2.52. The number of carbonyl (C=O) groups excluding carboxylic acids is 3. The number of hydrogen-bond acceptors (Lipinski definition) is 4. The van der Waals surface area contributed by atoms with Crippen molar-refractivity contribution < 1.29 is 14.4 Å². The SMILES string of the molecule is NC(=O)CNC(=O)[C@@H]1[C@H]2CC[C@@H](C2)[C@@H]1NC(=O)[C@@H]1CN(Cc2ccccc2)C[C@H]1c1ccccc1. The summed E-state index contributed by atoms with van der Waals surface area (Å²) in [4.78, 5) is 40.2. The van der Waals surface area contributed by atoms with Gasteiger partial charge in [0, 0.05) is 31.6 Å². The molecule has 0 spiro atoms. The zero-order valence-corrected chi connectivity index (χ0v) is 19.9. The van der Waals surface area contributed by atoms with Gasteiger partial charge in [0.05, 0.1) is 18.4 Å². The van der Waals surface area contributed by atoms with Gasteiger partial charge in [-0.25, -0.2) is 0 Å². The molecule has 2 aromatic rings. The van der Waals surface area contributed by atoms with Crippen molar-refractivity contribution in [2.45, 2.75) is 37.8 Å². The van der Waals surface area contributed by atoms with E-state index >= 15 is 0 Å². The number of nitrogens with one attached hydrogen (secondary N) is 2. The lowest BCUT2D eigenvalue weighted by Gasteiger charge is -2.32. The van der Waals surface area contributed by atoms with E-state index < -0.39 is 5.91 Å². The van der Waals surface area contributed by atoms with Crippen LogP contribution in [-0.2, 0) is 20.9 Å². The molecule has 35 heavy (non-hydrogen) atoms. The van der Waals surface area contributed by atoms with Crippen LogP contribution in [0.2, 0.25) is 0 Å². The van der Waals surface area contributed by atoms with E-state index in [0.717, 1.165) is 32.4 Å². The molecule has 3 aliphatic rings. The maximum absolute atomic E-state index is 13.7. The number of nitrogens with zero attached hydrogens (tertiary/aromatic N) is 1. The van der Waals surface area contributed by atoms with Crippen molar-refractivity contribution in [1.29, 1.82) is 0 Å². The molecule has 3 fully saturated rings. The van der Waals surface area contributed by atoms with Gasteiger partial charge in [0.15, 0.2) is 0 Å². The molecule has 2 aromatic carbocycles. The molecule has 2 saturated carbocycles. The molecule has 1 heterocycles. The third kappa shape index (κ3) is 5.10. The lowest BCUT2D eigenvalue weighted by Crippen LogP contribution is -2.52. The molecule has 1 saturated heterocycles. The van der Waals surface area contributed by atoms with E-state index in [4.69, 9.17) is 5.73 Å². The van der Waals surface area contributed by atoms with Crippen LogP contribution in [-0.4, -0.2) is 48.3 Å². The van der Waals surface area contributed by atoms with Gasteiger partial charge in [0.1, 0.15) is 0 Å². The Kier molecular flexibility index (Phi) is 6.86. The molecule has 4 N–H and O–H groups in total. The van der Waals surface area contributed by atoms with E-state index in [-0.39, 0.29) is 48.1 Å². The predicted octanol–water partition coefficient (Wildman–Crippen LogP) is 2.03. The van der Waals surface area contributed by atoms with Crippen LogP contribution in [0.4, 0.5) is 0 Å². The number of likely N-dealkylation sites (tertiary alicyclic amines) is 1. The Morgan fingerprint density at radius 1 is 0.886 bits per heavy atom. The molecule has 1 aliphatic heterocycles. The molecule has 6 atom stereocenters. The van der Waals surface area contributed by atoms with E-state index in [1.165, 1.54) is 11.1 Å².